The summed E-state index contributed by atoms with van der Waals surface area (Å²) in [5.74, 6) is 0.678. The van der Waals surface area contributed by atoms with Gasteiger partial charge in [0.15, 0.2) is 0 Å². The van der Waals surface area contributed by atoms with Crippen molar-refractivity contribution in [2.24, 2.45) is 0 Å². The van der Waals surface area contributed by atoms with E-state index in [-0.39, 0.29) is 0 Å². The minimum Gasteiger partial charge on any atom is -0.385 e. The number of nitrogens with one attached hydrogen (secondary N) is 1. The molecular formula is C18H27NO. The third-order valence-corrected chi connectivity index (χ3v) is 5.14. The molecule has 2 atom stereocenters. The van der Waals surface area contributed by atoms with Gasteiger partial charge in [0.25, 0.3) is 0 Å². The lowest BCUT2D eigenvalue weighted by atomic mass is 9.74. The number of aliphatic hydroxyl groups is 1. The predicted molar refractivity (Wildman–Crippen MR) is 82.9 cm³/mol. The van der Waals surface area contributed by atoms with Crippen LogP contribution in [0.5, 0.6) is 0 Å². The van der Waals surface area contributed by atoms with Crippen molar-refractivity contribution in [1.82, 2.24) is 5.32 Å². The zero-order valence-electron chi connectivity index (χ0n) is 12.6. The minimum atomic E-state index is -0.707. The smallest absolute Gasteiger partial charge is 0.0886 e. The highest BCUT2D eigenvalue weighted by molar-refractivity contribution is 5.36. The van der Waals surface area contributed by atoms with E-state index >= 15 is 0 Å². The second kappa shape index (κ2) is 5.87. The van der Waals surface area contributed by atoms with Crippen molar-refractivity contribution in [3.05, 3.63) is 35.4 Å². The van der Waals surface area contributed by atoms with Gasteiger partial charge in [0.2, 0.25) is 0 Å². The van der Waals surface area contributed by atoms with E-state index in [0.29, 0.717) is 12.0 Å². The van der Waals surface area contributed by atoms with Gasteiger partial charge in [0.05, 0.1) is 5.60 Å². The molecule has 2 aliphatic rings. The van der Waals surface area contributed by atoms with E-state index in [1.165, 1.54) is 44.1 Å². The molecule has 0 spiro atoms. The Labute approximate surface area is 122 Å². The van der Waals surface area contributed by atoms with Crippen LogP contribution < -0.4 is 5.32 Å². The largest absolute Gasteiger partial charge is 0.385 e. The van der Waals surface area contributed by atoms with Crippen LogP contribution >= 0.6 is 0 Å². The van der Waals surface area contributed by atoms with E-state index in [4.69, 9.17) is 0 Å². The Hall–Kier alpha value is -0.860. The van der Waals surface area contributed by atoms with Gasteiger partial charge in [-0.15, -0.1) is 0 Å². The van der Waals surface area contributed by atoms with E-state index < -0.39 is 5.60 Å². The van der Waals surface area contributed by atoms with Gasteiger partial charge in [-0.3, -0.25) is 0 Å². The Morgan fingerprint density at radius 2 is 1.95 bits per heavy atom. The molecule has 3 rings (SSSR count). The fourth-order valence-corrected chi connectivity index (χ4v) is 3.75. The second-order valence-corrected chi connectivity index (χ2v) is 6.84. The first kappa shape index (κ1) is 14.1. The molecule has 1 saturated carbocycles. The van der Waals surface area contributed by atoms with Crippen LogP contribution in [0, 0.1) is 0 Å². The van der Waals surface area contributed by atoms with Crippen molar-refractivity contribution >= 4 is 0 Å². The van der Waals surface area contributed by atoms with Crippen LogP contribution in [0.4, 0.5) is 0 Å². The zero-order valence-corrected chi connectivity index (χ0v) is 12.6. The van der Waals surface area contributed by atoms with Gasteiger partial charge in [-0.1, -0.05) is 37.1 Å². The van der Waals surface area contributed by atoms with E-state index in [0.717, 1.165) is 18.5 Å². The van der Waals surface area contributed by atoms with Gasteiger partial charge in [0.1, 0.15) is 0 Å². The first-order chi connectivity index (χ1) is 9.67. The average molecular weight is 273 g/mol. The van der Waals surface area contributed by atoms with E-state index in [1.54, 1.807) is 0 Å². The zero-order chi connectivity index (χ0) is 14.0. The SMILES string of the molecule is CC(O)(CC1CCCCN1)c1ccccc1C1CCC1. The third-order valence-electron chi connectivity index (χ3n) is 5.14. The van der Waals surface area contributed by atoms with E-state index in [9.17, 15) is 5.11 Å². The molecule has 0 radical (unpaired) electrons. The van der Waals surface area contributed by atoms with Crippen LogP contribution in [-0.4, -0.2) is 17.7 Å². The number of rotatable bonds is 4. The van der Waals surface area contributed by atoms with Crippen LogP contribution in [0.2, 0.25) is 0 Å². The number of piperidine rings is 1. The molecular weight excluding hydrogens is 246 g/mol. The van der Waals surface area contributed by atoms with E-state index in [2.05, 4.69) is 29.6 Å². The lowest BCUT2D eigenvalue weighted by molar-refractivity contribution is 0.0316. The monoisotopic (exact) mass is 273 g/mol. The van der Waals surface area contributed by atoms with Gasteiger partial charge in [-0.05, 0) is 62.6 Å². The summed E-state index contributed by atoms with van der Waals surface area (Å²) in [6, 6.07) is 9.01. The van der Waals surface area contributed by atoms with Gasteiger partial charge in [0, 0.05) is 6.04 Å². The number of hydrogen-bond acceptors (Lipinski definition) is 2. The normalized spacial score (nSPS) is 26.8. The summed E-state index contributed by atoms with van der Waals surface area (Å²) >= 11 is 0. The summed E-state index contributed by atoms with van der Waals surface area (Å²) in [5, 5.41) is 14.6. The molecule has 2 fully saturated rings. The van der Waals surface area contributed by atoms with Crippen molar-refractivity contribution in [1.29, 1.82) is 0 Å². The minimum absolute atomic E-state index is 0.466. The van der Waals surface area contributed by atoms with Gasteiger partial charge in [-0.2, -0.15) is 0 Å². The maximum atomic E-state index is 11.0. The molecule has 1 heterocycles. The maximum Gasteiger partial charge on any atom is 0.0886 e. The highest BCUT2D eigenvalue weighted by Gasteiger charge is 2.33. The molecule has 0 bridgehead atoms. The first-order valence-electron chi connectivity index (χ1n) is 8.22. The molecule has 1 aliphatic heterocycles. The van der Waals surface area contributed by atoms with Crippen LogP contribution in [0.25, 0.3) is 0 Å². The maximum absolute atomic E-state index is 11.0. The summed E-state index contributed by atoms with van der Waals surface area (Å²) in [5.41, 5.74) is 1.85. The molecule has 1 aliphatic carbocycles. The average Bonchev–Trinajstić information content (AvgIpc) is 2.38. The Bertz CT molecular complexity index is 444. The van der Waals surface area contributed by atoms with Gasteiger partial charge in [-0.25, -0.2) is 0 Å². The van der Waals surface area contributed by atoms with Crippen LogP contribution in [0.3, 0.4) is 0 Å². The van der Waals surface area contributed by atoms with Gasteiger partial charge < -0.3 is 10.4 Å². The quantitative estimate of drug-likeness (QED) is 0.877. The molecule has 2 heteroatoms. The summed E-state index contributed by atoms with van der Waals surface area (Å²) in [7, 11) is 0. The van der Waals surface area contributed by atoms with Crippen molar-refractivity contribution in [2.45, 2.75) is 69.4 Å². The fourth-order valence-electron chi connectivity index (χ4n) is 3.75. The highest BCUT2D eigenvalue weighted by Crippen LogP contribution is 2.42. The standard InChI is InChI=1S/C18H27NO/c1-18(20,13-15-9-4-5-12-19-15)17-11-3-2-10-16(17)14-7-6-8-14/h2-3,10-11,14-15,19-20H,4-9,12-13H2,1H3. The Morgan fingerprint density at radius 1 is 1.15 bits per heavy atom. The van der Waals surface area contributed by atoms with Crippen molar-refractivity contribution in [2.75, 3.05) is 6.54 Å². The molecule has 20 heavy (non-hydrogen) atoms. The Morgan fingerprint density at radius 3 is 2.60 bits per heavy atom. The molecule has 1 aromatic carbocycles. The number of hydrogen-bond donors (Lipinski definition) is 2. The molecule has 2 nitrogen and oxygen atoms in total. The van der Waals surface area contributed by atoms with Crippen LogP contribution in [-0.2, 0) is 5.60 Å². The van der Waals surface area contributed by atoms with Gasteiger partial charge >= 0.3 is 0 Å². The summed E-state index contributed by atoms with van der Waals surface area (Å²) < 4.78 is 0. The lowest BCUT2D eigenvalue weighted by Gasteiger charge is -2.36. The predicted octanol–water partition coefficient (Wildman–Crippen LogP) is 3.69. The summed E-state index contributed by atoms with van der Waals surface area (Å²) in [6.45, 7) is 3.10. The van der Waals surface area contributed by atoms with Crippen LogP contribution in [0.15, 0.2) is 24.3 Å². The number of benzene rings is 1. The molecule has 1 aromatic rings. The molecule has 0 aromatic heterocycles. The molecule has 2 unspecified atom stereocenters. The van der Waals surface area contributed by atoms with Crippen molar-refractivity contribution < 1.29 is 5.11 Å². The van der Waals surface area contributed by atoms with E-state index in [1.807, 2.05) is 6.92 Å². The third kappa shape index (κ3) is 2.91. The van der Waals surface area contributed by atoms with Crippen molar-refractivity contribution in [3.8, 4) is 0 Å². The molecule has 110 valence electrons. The Balaban J connectivity index is 1.78. The van der Waals surface area contributed by atoms with Crippen molar-refractivity contribution in [3.63, 3.8) is 0 Å². The molecule has 1 saturated heterocycles. The second-order valence-electron chi connectivity index (χ2n) is 6.84. The topological polar surface area (TPSA) is 32.3 Å². The van der Waals surface area contributed by atoms with Crippen LogP contribution in [0.1, 0.15) is 68.9 Å². The summed E-state index contributed by atoms with van der Waals surface area (Å²) in [4.78, 5) is 0. The highest BCUT2D eigenvalue weighted by atomic mass is 16.3. The molecule has 0 amide bonds. The molecule has 2 N–H and O–H groups in total. The Kier molecular flexibility index (Phi) is 4.13. The first-order valence-corrected chi connectivity index (χ1v) is 8.22. The fraction of sp³-hybridized carbons (Fsp3) is 0.667. The summed E-state index contributed by atoms with van der Waals surface area (Å²) in [6.07, 6.45) is 8.50. The lowest BCUT2D eigenvalue weighted by Crippen LogP contribution is -2.40.